The quantitative estimate of drug-likeness (QED) is 0.345. The average molecular weight is 547 g/mol. The Hall–Kier alpha value is -2.50. The van der Waals surface area contributed by atoms with Crippen LogP contribution in [0.25, 0.3) is 0 Å². The number of benzene rings is 1. The summed E-state index contributed by atoms with van der Waals surface area (Å²) in [6, 6.07) is 8.67. The Kier molecular flexibility index (Phi) is 11.4. The molecule has 0 N–H and O–H groups in total. The zero-order valence-electron chi connectivity index (χ0n) is 25.5. The number of aryl methyl sites for hydroxylation is 1. The van der Waals surface area contributed by atoms with Crippen molar-refractivity contribution in [1.82, 2.24) is 9.88 Å². The molecule has 1 fully saturated rings. The van der Waals surface area contributed by atoms with Gasteiger partial charge in [-0.25, -0.2) is 4.98 Å². The largest absolute Gasteiger partial charge is 0.481 e. The second-order valence-electron chi connectivity index (χ2n) is 11.9. The van der Waals surface area contributed by atoms with Gasteiger partial charge in [0.25, 0.3) is 0 Å². The summed E-state index contributed by atoms with van der Waals surface area (Å²) < 4.78 is 11.4. The highest BCUT2D eigenvalue weighted by Crippen LogP contribution is 2.33. The smallest absolute Gasteiger partial charge is 0.216 e. The number of Topliss-reactive ketones (excluding diaryl/α,β-unsaturated/α-hetero) is 1. The number of hydrogen-bond acceptors (Lipinski definition) is 5. The first-order chi connectivity index (χ1) is 19.4. The Bertz CT molecular complexity index is 1150. The van der Waals surface area contributed by atoms with Gasteiger partial charge in [-0.05, 0) is 93.5 Å². The highest BCUT2D eigenvalue weighted by Gasteiger charge is 2.27. The van der Waals surface area contributed by atoms with Crippen molar-refractivity contribution in [3.63, 3.8) is 0 Å². The summed E-state index contributed by atoms with van der Waals surface area (Å²) in [5.41, 5.74) is 6.88. The van der Waals surface area contributed by atoms with Crippen LogP contribution in [-0.2, 0) is 30.5 Å². The highest BCUT2D eigenvalue weighted by molar-refractivity contribution is 5.99. The third kappa shape index (κ3) is 7.61. The molecule has 1 aromatic heterocycles. The molecule has 0 amide bonds. The predicted octanol–water partition coefficient (Wildman–Crippen LogP) is 7.17. The summed E-state index contributed by atoms with van der Waals surface area (Å²) >= 11 is 0. The fraction of sp³-hybridized carbons (Fsp3) is 0.600. The molecule has 0 spiro atoms. The van der Waals surface area contributed by atoms with Crippen molar-refractivity contribution in [3.05, 3.63) is 69.9 Å². The standard InChI is InChI=1S/C35H50N2O3/c1-6-11-28(27-17-20-40-21-18-27)23-29-12-10-14-33-31(29)13-8-9-19-37(4)24-30-22-25(3)36-35(39-5)32(30)16-15-26(7-2)34(33)38/h8-10,12,14,22,26-28H,6-7,11,13,15-21,23-24H2,1-5H3. The van der Waals surface area contributed by atoms with E-state index in [2.05, 4.69) is 67.2 Å². The Balaban J connectivity index is 1.69. The minimum Gasteiger partial charge on any atom is -0.481 e. The van der Waals surface area contributed by atoms with E-state index in [1.165, 1.54) is 29.5 Å². The Morgan fingerprint density at radius 2 is 1.93 bits per heavy atom. The van der Waals surface area contributed by atoms with E-state index in [9.17, 15) is 4.79 Å². The summed E-state index contributed by atoms with van der Waals surface area (Å²) in [5, 5.41) is 0. The van der Waals surface area contributed by atoms with Gasteiger partial charge < -0.3 is 9.47 Å². The lowest BCUT2D eigenvalue weighted by atomic mass is 9.77. The maximum absolute atomic E-state index is 14.2. The molecule has 3 heterocycles. The number of pyridine rings is 1. The molecule has 5 heteroatoms. The number of carbonyl (C=O) groups excluding carboxylic acids is 1. The number of nitrogens with zero attached hydrogens (tertiary/aromatic N) is 2. The third-order valence-electron chi connectivity index (χ3n) is 9.07. The minimum absolute atomic E-state index is 0.0283. The van der Waals surface area contributed by atoms with Crippen LogP contribution in [0.15, 0.2) is 36.4 Å². The lowest BCUT2D eigenvalue weighted by Crippen LogP contribution is -2.26. The number of rotatable bonds is 7. The van der Waals surface area contributed by atoms with E-state index >= 15 is 0 Å². The zero-order valence-corrected chi connectivity index (χ0v) is 25.5. The molecule has 0 aliphatic carbocycles. The van der Waals surface area contributed by atoms with Crippen molar-refractivity contribution in [2.24, 2.45) is 17.8 Å². The van der Waals surface area contributed by atoms with Gasteiger partial charge >= 0.3 is 0 Å². The lowest BCUT2D eigenvalue weighted by Gasteiger charge is -2.31. The van der Waals surface area contributed by atoms with E-state index in [-0.39, 0.29) is 5.92 Å². The second-order valence-corrected chi connectivity index (χ2v) is 11.9. The number of carbonyl (C=O) groups is 1. The molecule has 5 nitrogen and oxygen atoms in total. The van der Waals surface area contributed by atoms with Crippen LogP contribution < -0.4 is 4.74 Å². The number of aromatic nitrogens is 1. The van der Waals surface area contributed by atoms with Crippen LogP contribution in [0.3, 0.4) is 0 Å². The third-order valence-corrected chi connectivity index (χ3v) is 9.07. The molecular formula is C35H50N2O3. The van der Waals surface area contributed by atoms with Gasteiger partial charge in [-0.15, -0.1) is 0 Å². The molecular weight excluding hydrogens is 496 g/mol. The molecule has 0 bridgehead atoms. The van der Waals surface area contributed by atoms with Gasteiger partial charge in [0.15, 0.2) is 5.78 Å². The van der Waals surface area contributed by atoms with Gasteiger partial charge in [0, 0.05) is 49.0 Å². The van der Waals surface area contributed by atoms with Crippen LogP contribution in [0, 0.1) is 24.7 Å². The number of ether oxygens (including phenoxy) is 2. The van der Waals surface area contributed by atoms with E-state index in [1.807, 2.05) is 6.92 Å². The van der Waals surface area contributed by atoms with E-state index < -0.39 is 0 Å². The summed E-state index contributed by atoms with van der Waals surface area (Å²) in [6.07, 6.45) is 13.6. The lowest BCUT2D eigenvalue weighted by molar-refractivity contribution is 0.0447. The van der Waals surface area contributed by atoms with Gasteiger partial charge in [-0.2, -0.15) is 0 Å². The van der Waals surface area contributed by atoms with E-state index in [0.717, 1.165) is 88.1 Å². The first-order valence-corrected chi connectivity index (χ1v) is 15.5. The van der Waals surface area contributed by atoms with Gasteiger partial charge in [0.2, 0.25) is 5.88 Å². The molecule has 1 aromatic carbocycles. The number of methoxy groups -OCH3 is 1. The fourth-order valence-electron chi connectivity index (χ4n) is 6.83. The van der Waals surface area contributed by atoms with Crippen LogP contribution in [0.1, 0.15) is 90.7 Å². The molecule has 4 rings (SSSR count). The van der Waals surface area contributed by atoms with Crippen LogP contribution in [0.4, 0.5) is 0 Å². The topological polar surface area (TPSA) is 51.7 Å². The van der Waals surface area contributed by atoms with Crippen LogP contribution in [0.2, 0.25) is 0 Å². The van der Waals surface area contributed by atoms with Crippen molar-refractivity contribution < 1.29 is 14.3 Å². The van der Waals surface area contributed by atoms with Crippen LogP contribution in [0.5, 0.6) is 5.88 Å². The first kappa shape index (κ1) is 30.5. The van der Waals surface area contributed by atoms with Crippen LogP contribution in [-0.4, -0.2) is 49.6 Å². The summed E-state index contributed by atoms with van der Waals surface area (Å²) in [5.74, 6) is 2.31. The maximum Gasteiger partial charge on any atom is 0.216 e. The SMILES string of the molecule is CCCC(Cc1cccc2c1CC=CCN(C)Cc1cc(C)nc(OC)c1CCC(CC)C2=O)C1CCOCC1. The summed E-state index contributed by atoms with van der Waals surface area (Å²) in [6.45, 7) is 9.92. The average Bonchev–Trinajstić information content (AvgIpc) is 2.96. The molecule has 0 radical (unpaired) electrons. The molecule has 2 aromatic rings. The van der Waals surface area contributed by atoms with Crippen molar-refractivity contribution in [2.75, 3.05) is 33.9 Å². The minimum atomic E-state index is -0.0283. The number of ketones is 1. The monoisotopic (exact) mass is 546 g/mol. The Morgan fingerprint density at radius 3 is 2.65 bits per heavy atom. The highest BCUT2D eigenvalue weighted by atomic mass is 16.5. The van der Waals surface area contributed by atoms with Crippen molar-refractivity contribution >= 4 is 5.78 Å². The molecule has 0 saturated carbocycles. The van der Waals surface area contributed by atoms with E-state index in [1.54, 1.807) is 7.11 Å². The van der Waals surface area contributed by atoms with Crippen molar-refractivity contribution in [2.45, 2.75) is 85.1 Å². The van der Waals surface area contributed by atoms with Crippen LogP contribution >= 0.6 is 0 Å². The molecule has 1 saturated heterocycles. The number of likely N-dealkylation sites (N-methyl/N-ethyl adjacent to an activating group) is 1. The zero-order chi connectivity index (χ0) is 28.5. The molecule has 218 valence electrons. The number of hydrogen-bond donors (Lipinski definition) is 0. The normalized spacial score (nSPS) is 20.4. The maximum atomic E-state index is 14.2. The summed E-state index contributed by atoms with van der Waals surface area (Å²) in [7, 11) is 3.87. The van der Waals surface area contributed by atoms with Crippen molar-refractivity contribution in [1.29, 1.82) is 0 Å². The first-order valence-electron chi connectivity index (χ1n) is 15.5. The molecule has 2 unspecified atom stereocenters. The van der Waals surface area contributed by atoms with Gasteiger partial charge in [-0.3, -0.25) is 9.69 Å². The molecule has 40 heavy (non-hydrogen) atoms. The number of fused-ring (bicyclic) bond motifs is 2. The van der Waals surface area contributed by atoms with E-state index in [4.69, 9.17) is 9.47 Å². The number of allylic oxidation sites excluding steroid dienone is 1. The fourth-order valence-corrected chi connectivity index (χ4v) is 6.83. The van der Waals surface area contributed by atoms with E-state index in [0.29, 0.717) is 23.5 Å². The van der Waals surface area contributed by atoms with Gasteiger partial charge in [0.05, 0.1) is 7.11 Å². The Morgan fingerprint density at radius 1 is 1.12 bits per heavy atom. The summed E-state index contributed by atoms with van der Waals surface area (Å²) in [4.78, 5) is 21.2. The second kappa shape index (κ2) is 14.9. The van der Waals surface area contributed by atoms with Gasteiger partial charge in [0.1, 0.15) is 0 Å². The molecule has 2 atom stereocenters. The molecule has 2 aliphatic rings. The predicted molar refractivity (Wildman–Crippen MR) is 163 cm³/mol. The molecule has 2 aliphatic heterocycles. The van der Waals surface area contributed by atoms with Gasteiger partial charge in [-0.1, -0.05) is 57.0 Å². The Labute approximate surface area is 242 Å². The van der Waals surface area contributed by atoms with Crippen molar-refractivity contribution in [3.8, 4) is 5.88 Å².